The fourth-order valence-corrected chi connectivity index (χ4v) is 2.35. The van der Waals surface area contributed by atoms with Crippen LogP contribution in [0.5, 0.6) is 0 Å². The van der Waals surface area contributed by atoms with Gasteiger partial charge in [0.1, 0.15) is 0 Å². The van der Waals surface area contributed by atoms with Crippen LogP contribution in [0.4, 0.5) is 0 Å². The highest BCUT2D eigenvalue weighted by atomic mass is 16.5. The van der Waals surface area contributed by atoms with Crippen LogP contribution < -0.4 is 16.0 Å². The van der Waals surface area contributed by atoms with E-state index in [0.29, 0.717) is 51.9 Å². The quantitative estimate of drug-likeness (QED) is 0.573. The summed E-state index contributed by atoms with van der Waals surface area (Å²) in [5, 5.41) is 9.25. The van der Waals surface area contributed by atoms with E-state index in [2.05, 4.69) is 22.9 Å². The summed E-state index contributed by atoms with van der Waals surface area (Å²) in [6, 6.07) is 0.187. The zero-order valence-corrected chi connectivity index (χ0v) is 12.0. The number of carbonyl (C=O) groups excluding carboxylic acids is 2. The van der Waals surface area contributed by atoms with Crippen molar-refractivity contribution in [2.75, 3.05) is 45.9 Å². The minimum absolute atomic E-state index is 0.0424. The zero-order valence-electron chi connectivity index (χ0n) is 12.0. The molecule has 2 rings (SSSR count). The Hall–Kier alpha value is -1.18. The SMILES string of the molecule is CC1CNC(C(=O)NCCC(=O)N2CCOCC2)CN1. The summed E-state index contributed by atoms with van der Waals surface area (Å²) < 4.78 is 5.20. The Morgan fingerprint density at radius 1 is 1.25 bits per heavy atom. The Labute approximate surface area is 119 Å². The van der Waals surface area contributed by atoms with E-state index in [4.69, 9.17) is 4.74 Å². The van der Waals surface area contributed by atoms with Crippen molar-refractivity contribution in [1.82, 2.24) is 20.9 Å². The fraction of sp³-hybridized carbons (Fsp3) is 0.846. The smallest absolute Gasteiger partial charge is 0.238 e. The first-order valence-electron chi connectivity index (χ1n) is 7.27. The molecule has 0 aromatic carbocycles. The predicted octanol–water partition coefficient (Wildman–Crippen LogP) is -1.70. The molecule has 3 N–H and O–H groups in total. The van der Waals surface area contributed by atoms with E-state index >= 15 is 0 Å². The molecule has 7 heteroatoms. The summed E-state index contributed by atoms with van der Waals surface area (Å²) in [6.07, 6.45) is 0.349. The average Bonchev–Trinajstić information content (AvgIpc) is 2.48. The molecular weight excluding hydrogens is 260 g/mol. The number of hydrogen-bond acceptors (Lipinski definition) is 5. The van der Waals surface area contributed by atoms with Crippen LogP contribution in [0.1, 0.15) is 13.3 Å². The Morgan fingerprint density at radius 2 is 2.00 bits per heavy atom. The number of rotatable bonds is 4. The molecule has 0 aromatic heterocycles. The maximum atomic E-state index is 11.9. The number of hydrogen-bond donors (Lipinski definition) is 3. The summed E-state index contributed by atoms with van der Waals surface area (Å²) in [6.45, 7) is 6.39. The van der Waals surface area contributed by atoms with Crippen LogP contribution in [0.15, 0.2) is 0 Å². The lowest BCUT2D eigenvalue weighted by atomic mass is 10.1. The van der Waals surface area contributed by atoms with E-state index in [-0.39, 0.29) is 17.9 Å². The molecule has 2 aliphatic rings. The first-order chi connectivity index (χ1) is 9.66. The topological polar surface area (TPSA) is 82.7 Å². The van der Waals surface area contributed by atoms with Gasteiger partial charge in [-0.1, -0.05) is 0 Å². The third kappa shape index (κ3) is 4.43. The lowest BCUT2D eigenvalue weighted by molar-refractivity contribution is -0.135. The van der Waals surface area contributed by atoms with E-state index in [0.717, 1.165) is 6.54 Å². The van der Waals surface area contributed by atoms with Crippen molar-refractivity contribution >= 4 is 11.8 Å². The van der Waals surface area contributed by atoms with Crippen molar-refractivity contribution in [3.8, 4) is 0 Å². The fourth-order valence-electron chi connectivity index (χ4n) is 2.35. The van der Waals surface area contributed by atoms with Gasteiger partial charge in [0, 0.05) is 45.2 Å². The van der Waals surface area contributed by atoms with Crippen LogP contribution in [0.3, 0.4) is 0 Å². The number of piperazine rings is 1. The largest absolute Gasteiger partial charge is 0.378 e. The maximum Gasteiger partial charge on any atom is 0.238 e. The first-order valence-corrected chi connectivity index (χ1v) is 7.27. The Morgan fingerprint density at radius 3 is 2.65 bits per heavy atom. The lowest BCUT2D eigenvalue weighted by Crippen LogP contribution is -2.59. The molecule has 2 heterocycles. The number of carbonyl (C=O) groups is 2. The highest BCUT2D eigenvalue weighted by Crippen LogP contribution is 2.00. The van der Waals surface area contributed by atoms with Gasteiger partial charge in [-0.3, -0.25) is 9.59 Å². The number of amides is 2. The van der Waals surface area contributed by atoms with Crippen LogP contribution in [0.2, 0.25) is 0 Å². The van der Waals surface area contributed by atoms with Crippen molar-refractivity contribution in [3.63, 3.8) is 0 Å². The highest BCUT2D eigenvalue weighted by Gasteiger charge is 2.23. The van der Waals surface area contributed by atoms with Gasteiger partial charge < -0.3 is 25.6 Å². The molecule has 0 radical (unpaired) electrons. The minimum Gasteiger partial charge on any atom is -0.378 e. The van der Waals surface area contributed by atoms with Crippen LogP contribution in [0, 0.1) is 0 Å². The van der Waals surface area contributed by atoms with Gasteiger partial charge in [0.05, 0.1) is 19.3 Å². The van der Waals surface area contributed by atoms with Crippen LogP contribution >= 0.6 is 0 Å². The van der Waals surface area contributed by atoms with Gasteiger partial charge in [-0.2, -0.15) is 0 Å². The molecule has 0 aliphatic carbocycles. The molecule has 0 aromatic rings. The molecule has 114 valence electrons. The predicted molar refractivity (Wildman–Crippen MR) is 74.3 cm³/mol. The summed E-state index contributed by atoms with van der Waals surface area (Å²) in [5.41, 5.74) is 0. The summed E-state index contributed by atoms with van der Waals surface area (Å²) in [7, 11) is 0. The van der Waals surface area contributed by atoms with E-state index in [1.54, 1.807) is 4.90 Å². The monoisotopic (exact) mass is 284 g/mol. The van der Waals surface area contributed by atoms with E-state index < -0.39 is 0 Å². The highest BCUT2D eigenvalue weighted by molar-refractivity contribution is 5.83. The molecule has 0 saturated carbocycles. The third-order valence-electron chi connectivity index (χ3n) is 3.66. The zero-order chi connectivity index (χ0) is 14.4. The van der Waals surface area contributed by atoms with Crippen LogP contribution in [-0.4, -0.2) is 74.7 Å². The van der Waals surface area contributed by atoms with Gasteiger partial charge in [-0.15, -0.1) is 0 Å². The van der Waals surface area contributed by atoms with Gasteiger partial charge in [-0.25, -0.2) is 0 Å². The van der Waals surface area contributed by atoms with Gasteiger partial charge in [-0.05, 0) is 6.92 Å². The first kappa shape index (κ1) is 15.2. The minimum atomic E-state index is -0.204. The van der Waals surface area contributed by atoms with E-state index in [1.807, 2.05) is 0 Å². The van der Waals surface area contributed by atoms with Gasteiger partial charge in [0.15, 0.2) is 0 Å². The van der Waals surface area contributed by atoms with Crippen LogP contribution in [-0.2, 0) is 14.3 Å². The third-order valence-corrected chi connectivity index (χ3v) is 3.66. The van der Waals surface area contributed by atoms with Gasteiger partial charge in [0.25, 0.3) is 0 Å². The number of morpholine rings is 1. The Balaban J connectivity index is 1.62. The van der Waals surface area contributed by atoms with Gasteiger partial charge >= 0.3 is 0 Å². The summed E-state index contributed by atoms with van der Waals surface area (Å²) >= 11 is 0. The second-order valence-electron chi connectivity index (χ2n) is 5.30. The lowest BCUT2D eigenvalue weighted by Gasteiger charge is -2.29. The standard InChI is InChI=1S/C13H24N4O3/c1-10-8-16-11(9-15-10)13(19)14-3-2-12(18)17-4-6-20-7-5-17/h10-11,15-16H,2-9H2,1H3,(H,14,19). The molecule has 2 unspecified atom stereocenters. The second-order valence-corrected chi connectivity index (χ2v) is 5.30. The molecule has 2 aliphatic heterocycles. The second kappa shape index (κ2) is 7.56. The molecule has 2 fully saturated rings. The Bertz CT molecular complexity index is 337. The van der Waals surface area contributed by atoms with Crippen molar-refractivity contribution in [2.24, 2.45) is 0 Å². The molecule has 2 saturated heterocycles. The molecule has 0 bridgehead atoms. The maximum absolute atomic E-state index is 11.9. The van der Waals surface area contributed by atoms with Crippen molar-refractivity contribution in [2.45, 2.75) is 25.4 Å². The molecular formula is C13H24N4O3. The van der Waals surface area contributed by atoms with Crippen molar-refractivity contribution in [1.29, 1.82) is 0 Å². The molecule has 0 spiro atoms. The van der Waals surface area contributed by atoms with Crippen molar-refractivity contribution in [3.05, 3.63) is 0 Å². The molecule has 2 atom stereocenters. The number of nitrogens with zero attached hydrogens (tertiary/aromatic N) is 1. The van der Waals surface area contributed by atoms with Gasteiger partial charge in [0.2, 0.25) is 11.8 Å². The number of ether oxygens (including phenoxy) is 1. The van der Waals surface area contributed by atoms with E-state index in [1.165, 1.54) is 0 Å². The van der Waals surface area contributed by atoms with E-state index in [9.17, 15) is 9.59 Å². The molecule has 20 heavy (non-hydrogen) atoms. The van der Waals surface area contributed by atoms with Crippen molar-refractivity contribution < 1.29 is 14.3 Å². The average molecular weight is 284 g/mol. The number of nitrogens with one attached hydrogen (secondary N) is 3. The normalized spacial score (nSPS) is 27.1. The summed E-state index contributed by atoms with van der Waals surface area (Å²) in [5.74, 6) is 0.0381. The van der Waals surface area contributed by atoms with Crippen LogP contribution in [0.25, 0.3) is 0 Å². The Kier molecular flexibility index (Phi) is 5.75. The summed E-state index contributed by atoms with van der Waals surface area (Å²) in [4.78, 5) is 25.6. The molecule has 2 amide bonds. The molecule has 7 nitrogen and oxygen atoms in total.